The summed E-state index contributed by atoms with van der Waals surface area (Å²) in [5.41, 5.74) is 6.21. The van der Waals surface area contributed by atoms with Crippen LogP contribution in [0.1, 0.15) is 17.5 Å². The summed E-state index contributed by atoms with van der Waals surface area (Å²) in [4.78, 5) is 10.5. The molecule has 1 rings (SSSR count). The summed E-state index contributed by atoms with van der Waals surface area (Å²) < 4.78 is 13.0. The average Bonchev–Trinajstić information content (AvgIpc) is 2.35. The van der Waals surface area contributed by atoms with Crippen molar-refractivity contribution in [2.75, 3.05) is 5.75 Å². The second-order valence-electron chi connectivity index (χ2n) is 3.71. The highest BCUT2D eigenvalue weighted by atomic mass is 32.2. The molecule has 1 aromatic carbocycles. The van der Waals surface area contributed by atoms with E-state index in [9.17, 15) is 9.18 Å². The first-order valence-electron chi connectivity index (χ1n) is 5.29. The molecule has 0 radical (unpaired) electrons. The number of carbonyl (C=O) groups is 1. The minimum absolute atomic E-state index is 0.0235. The Bertz CT molecular complexity index is 474. The van der Waals surface area contributed by atoms with E-state index in [1.165, 1.54) is 23.9 Å². The summed E-state index contributed by atoms with van der Waals surface area (Å²) >= 11 is 1.50. The molecule has 1 aromatic rings. The van der Waals surface area contributed by atoms with Crippen LogP contribution in [0, 0.1) is 17.1 Å². The molecular formula is C12H13FN2O2S. The zero-order chi connectivity index (χ0) is 13.5. The first-order chi connectivity index (χ1) is 8.54. The van der Waals surface area contributed by atoms with Gasteiger partial charge in [0.25, 0.3) is 0 Å². The van der Waals surface area contributed by atoms with Crippen molar-refractivity contribution in [3.05, 3.63) is 35.1 Å². The summed E-state index contributed by atoms with van der Waals surface area (Å²) in [5.74, 6) is -0.336. The summed E-state index contributed by atoms with van der Waals surface area (Å²) in [7, 11) is 0. The third-order valence-electron chi connectivity index (χ3n) is 2.31. The van der Waals surface area contributed by atoms with Gasteiger partial charge < -0.3 is 10.8 Å². The highest BCUT2D eigenvalue weighted by molar-refractivity contribution is 7.98. The second kappa shape index (κ2) is 6.99. The van der Waals surface area contributed by atoms with Gasteiger partial charge in [-0.15, -0.1) is 0 Å². The van der Waals surface area contributed by atoms with Crippen LogP contribution in [0.2, 0.25) is 0 Å². The number of nitrogens with zero attached hydrogens (tertiary/aromatic N) is 1. The summed E-state index contributed by atoms with van der Waals surface area (Å²) in [5, 5.41) is 17.3. The highest BCUT2D eigenvalue weighted by Crippen LogP contribution is 2.16. The van der Waals surface area contributed by atoms with E-state index in [4.69, 9.17) is 16.1 Å². The number of benzene rings is 1. The van der Waals surface area contributed by atoms with Crippen LogP contribution >= 0.6 is 11.8 Å². The molecule has 1 atom stereocenters. The Kier molecular flexibility index (Phi) is 5.62. The van der Waals surface area contributed by atoms with Crippen molar-refractivity contribution in [3.63, 3.8) is 0 Å². The number of halogens is 1. The van der Waals surface area contributed by atoms with Crippen molar-refractivity contribution in [2.45, 2.75) is 18.2 Å². The molecule has 4 nitrogen and oxygen atoms in total. The minimum Gasteiger partial charge on any atom is -0.480 e. The van der Waals surface area contributed by atoms with Crippen LogP contribution in [0.15, 0.2) is 18.2 Å². The van der Waals surface area contributed by atoms with Crippen molar-refractivity contribution in [1.82, 2.24) is 0 Å². The van der Waals surface area contributed by atoms with Gasteiger partial charge in [0.1, 0.15) is 17.9 Å². The van der Waals surface area contributed by atoms with Crippen molar-refractivity contribution in [2.24, 2.45) is 5.73 Å². The topological polar surface area (TPSA) is 87.1 Å². The minimum atomic E-state index is -1.01. The maximum Gasteiger partial charge on any atom is 0.320 e. The van der Waals surface area contributed by atoms with Crippen molar-refractivity contribution < 1.29 is 14.3 Å². The van der Waals surface area contributed by atoms with E-state index in [0.29, 0.717) is 17.9 Å². The predicted octanol–water partition coefficient (Wildman–Crippen LogP) is 1.73. The van der Waals surface area contributed by atoms with Gasteiger partial charge >= 0.3 is 5.97 Å². The van der Waals surface area contributed by atoms with E-state index in [0.717, 1.165) is 5.56 Å². The van der Waals surface area contributed by atoms with E-state index in [1.807, 2.05) is 0 Å². The molecule has 0 fully saturated rings. The van der Waals surface area contributed by atoms with Crippen molar-refractivity contribution in [1.29, 1.82) is 5.26 Å². The van der Waals surface area contributed by atoms with Gasteiger partial charge in [-0.2, -0.15) is 17.0 Å². The lowest BCUT2D eigenvalue weighted by molar-refractivity contribution is -0.138. The van der Waals surface area contributed by atoms with Crippen molar-refractivity contribution in [3.8, 4) is 6.07 Å². The summed E-state index contributed by atoms with van der Waals surface area (Å²) in [6.45, 7) is 0. The molecule has 0 aliphatic rings. The Labute approximate surface area is 109 Å². The Balaban J connectivity index is 2.41. The lowest BCUT2D eigenvalue weighted by Gasteiger charge is -2.06. The van der Waals surface area contributed by atoms with Crippen LogP contribution < -0.4 is 5.73 Å². The molecule has 6 heteroatoms. The molecule has 0 aliphatic heterocycles. The average molecular weight is 268 g/mol. The number of carboxylic acid groups (broad SMARTS) is 1. The van der Waals surface area contributed by atoms with Crippen LogP contribution in [0.25, 0.3) is 0 Å². The molecule has 96 valence electrons. The van der Waals surface area contributed by atoms with E-state index >= 15 is 0 Å². The molecule has 0 aliphatic carbocycles. The monoisotopic (exact) mass is 268 g/mol. The molecule has 0 amide bonds. The molecule has 0 heterocycles. The zero-order valence-corrected chi connectivity index (χ0v) is 10.4. The lowest BCUT2D eigenvalue weighted by atomic mass is 10.1. The number of hydrogen-bond donors (Lipinski definition) is 2. The Morgan fingerprint density at radius 2 is 2.33 bits per heavy atom. The predicted molar refractivity (Wildman–Crippen MR) is 67.5 cm³/mol. The fourth-order valence-corrected chi connectivity index (χ4v) is 2.25. The molecule has 3 N–H and O–H groups in total. The molecule has 18 heavy (non-hydrogen) atoms. The van der Waals surface area contributed by atoms with Gasteiger partial charge in [-0.05, 0) is 29.9 Å². The summed E-state index contributed by atoms with van der Waals surface area (Å²) in [6.07, 6.45) is 0.381. The molecule has 0 saturated heterocycles. The number of aliphatic carboxylic acids is 1. The van der Waals surface area contributed by atoms with Gasteiger partial charge in [-0.25, -0.2) is 4.39 Å². The first-order valence-corrected chi connectivity index (χ1v) is 6.44. The van der Waals surface area contributed by atoms with Gasteiger partial charge in [0, 0.05) is 5.75 Å². The Morgan fingerprint density at radius 1 is 1.61 bits per heavy atom. The first kappa shape index (κ1) is 14.5. The fourth-order valence-electron chi connectivity index (χ4n) is 1.27. The quantitative estimate of drug-likeness (QED) is 0.767. The Morgan fingerprint density at radius 3 is 2.94 bits per heavy atom. The number of hydrogen-bond acceptors (Lipinski definition) is 4. The van der Waals surface area contributed by atoms with E-state index < -0.39 is 17.8 Å². The number of carboxylic acids is 1. The number of nitriles is 1. The highest BCUT2D eigenvalue weighted by Gasteiger charge is 2.10. The van der Waals surface area contributed by atoms with Crippen LogP contribution in [0.4, 0.5) is 4.39 Å². The van der Waals surface area contributed by atoms with Crippen LogP contribution in [-0.4, -0.2) is 22.9 Å². The smallest absolute Gasteiger partial charge is 0.320 e. The van der Waals surface area contributed by atoms with Gasteiger partial charge in [-0.1, -0.05) is 6.07 Å². The number of rotatable bonds is 6. The van der Waals surface area contributed by atoms with Crippen LogP contribution in [0.3, 0.4) is 0 Å². The van der Waals surface area contributed by atoms with Crippen molar-refractivity contribution >= 4 is 17.7 Å². The van der Waals surface area contributed by atoms with Gasteiger partial charge in [-0.3, -0.25) is 4.79 Å². The molecule has 0 spiro atoms. The van der Waals surface area contributed by atoms with Gasteiger partial charge in [0.2, 0.25) is 0 Å². The third-order valence-corrected chi connectivity index (χ3v) is 3.37. The van der Waals surface area contributed by atoms with E-state index in [1.54, 1.807) is 12.1 Å². The van der Waals surface area contributed by atoms with E-state index in [-0.39, 0.29) is 5.56 Å². The largest absolute Gasteiger partial charge is 0.480 e. The SMILES string of the molecule is N#Cc1cc(CSCCC(N)C(=O)O)ccc1F. The maximum atomic E-state index is 13.0. The normalized spacial score (nSPS) is 11.8. The molecule has 0 aromatic heterocycles. The van der Waals surface area contributed by atoms with E-state index in [2.05, 4.69) is 0 Å². The standard InChI is InChI=1S/C12H13FN2O2S/c13-10-2-1-8(5-9(10)6-14)7-18-4-3-11(15)12(16)17/h1-2,5,11H,3-4,7,15H2,(H,16,17). The lowest BCUT2D eigenvalue weighted by Crippen LogP contribution is -2.30. The fraction of sp³-hybridized carbons (Fsp3) is 0.333. The van der Waals surface area contributed by atoms with Gasteiger partial charge in [0.05, 0.1) is 5.56 Å². The van der Waals surface area contributed by atoms with Gasteiger partial charge in [0.15, 0.2) is 0 Å². The number of thioether (sulfide) groups is 1. The summed E-state index contributed by atoms with van der Waals surface area (Å²) in [6, 6.07) is 5.30. The molecule has 0 saturated carbocycles. The molecular weight excluding hydrogens is 255 g/mol. The van der Waals surface area contributed by atoms with Crippen LogP contribution in [0.5, 0.6) is 0 Å². The Hall–Kier alpha value is -1.58. The molecule has 0 bridgehead atoms. The number of nitrogens with two attached hydrogens (primary N) is 1. The molecule has 1 unspecified atom stereocenters. The second-order valence-corrected chi connectivity index (χ2v) is 4.82. The third kappa shape index (κ3) is 4.35. The van der Waals surface area contributed by atoms with Crippen LogP contribution in [-0.2, 0) is 10.5 Å². The zero-order valence-electron chi connectivity index (χ0n) is 9.60. The maximum absolute atomic E-state index is 13.0.